The SMILES string of the molecule is COc1ccc(S(N)(=O)=O)c(OC)c1-c1cccc(N)c1. The molecule has 0 radical (unpaired) electrons. The van der Waals surface area contributed by atoms with E-state index in [0.717, 1.165) is 0 Å². The lowest BCUT2D eigenvalue weighted by Crippen LogP contribution is -2.14. The fourth-order valence-corrected chi connectivity index (χ4v) is 2.81. The van der Waals surface area contributed by atoms with Gasteiger partial charge in [0.2, 0.25) is 10.0 Å². The Labute approximate surface area is 123 Å². The van der Waals surface area contributed by atoms with Gasteiger partial charge in [-0.1, -0.05) is 12.1 Å². The molecule has 0 aliphatic carbocycles. The summed E-state index contributed by atoms with van der Waals surface area (Å²) in [5, 5.41) is 5.23. The first-order valence-electron chi connectivity index (χ1n) is 6.02. The second-order valence-corrected chi connectivity index (χ2v) is 5.87. The first-order chi connectivity index (χ1) is 9.88. The molecule has 0 aromatic heterocycles. The minimum Gasteiger partial charge on any atom is -0.496 e. The maximum absolute atomic E-state index is 11.7. The second-order valence-electron chi connectivity index (χ2n) is 4.34. The highest BCUT2D eigenvalue weighted by atomic mass is 32.2. The summed E-state index contributed by atoms with van der Waals surface area (Å²) >= 11 is 0. The Morgan fingerprint density at radius 1 is 1.05 bits per heavy atom. The molecule has 0 atom stereocenters. The number of sulfonamides is 1. The number of methoxy groups -OCH3 is 2. The predicted molar refractivity (Wildman–Crippen MR) is 80.8 cm³/mol. The van der Waals surface area contributed by atoms with E-state index >= 15 is 0 Å². The lowest BCUT2D eigenvalue weighted by Gasteiger charge is -2.16. The van der Waals surface area contributed by atoms with Gasteiger partial charge in [0.05, 0.1) is 19.8 Å². The van der Waals surface area contributed by atoms with E-state index in [4.69, 9.17) is 20.3 Å². The molecule has 0 bridgehead atoms. The van der Waals surface area contributed by atoms with Gasteiger partial charge >= 0.3 is 0 Å². The molecule has 4 N–H and O–H groups in total. The van der Waals surface area contributed by atoms with Gasteiger partial charge in [0.1, 0.15) is 16.4 Å². The van der Waals surface area contributed by atoms with Crippen LogP contribution in [0.25, 0.3) is 11.1 Å². The number of hydrogen-bond donors (Lipinski definition) is 2. The van der Waals surface area contributed by atoms with E-state index in [1.165, 1.54) is 26.4 Å². The van der Waals surface area contributed by atoms with Crippen LogP contribution < -0.4 is 20.3 Å². The van der Waals surface area contributed by atoms with Crippen molar-refractivity contribution in [3.63, 3.8) is 0 Å². The topological polar surface area (TPSA) is 105 Å². The van der Waals surface area contributed by atoms with E-state index in [1.807, 2.05) is 0 Å². The van der Waals surface area contributed by atoms with Crippen LogP contribution in [-0.2, 0) is 10.0 Å². The predicted octanol–water partition coefficient (Wildman–Crippen LogP) is 1.60. The van der Waals surface area contributed by atoms with Gasteiger partial charge in [0.25, 0.3) is 0 Å². The smallest absolute Gasteiger partial charge is 0.241 e. The summed E-state index contributed by atoms with van der Waals surface area (Å²) < 4.78 is 33.9. The molecule has 0 heterocycles. The molecule has 0 spiro atoms. The highest BCUT2D eigenvalue weighted by Crippen LogP contribution is 2.42. The van der Waals surface area contributed by atoms with Crippen molar-refractivity contribution >= 4 is 15.7 Å². The van der Waals surface area contributed by atoms with Gasteiger partial charge in [-0.3, -0.25) is 0 Å². The van der Waals surface area contributed by atoms with Crippen molar-refractivity contribution in [3.05, 3.63) is 36.4 Å². The van der Waals surface area contributed by atoms with Crippen molar-refractivity contribution in [1.29, 1.82) is 0 Å². The third-order valence-corrected chi connectivity index (χ3v) is 3.92. The fourth-order valence-electron chi connectivity index (χ4n) is 2.11. The van der Waals surface area contributed by atoms with Crippen molar-refractivity contribution in [2.24, 2.45) is 5.14 Å². The second kappa shape index (κ2) is 5.63. The van der Waals surface area contributed by atoms with Crippen molar-refractivity contribution in [2.45, 2.75) is 4.90 Å². The Balaban J connectivity index is 2.84. The molecule has 0 saturated heterocycles. The minimum atomic E-state index is -3.92. The summed E-state index contributed by atoms with van der Waals surface area (Å²) in [5.74, 6) is 0.590. The van der Waals surface area contributed by atoms with Gasteiger partial charge in [-0.25, -0.2) is 13.6 Å². The Bertz CT molecular complexity index is 773. The molecule has 21 heavy (non-hydrogen) atoms. The van der Waals surface area contributed by atoms with Crippen LogP contribution in [0.4, 0.5) is 5.69 Å². The highest BCUT2D eigenvalue weighted by molar-refractivity contribution is 7.89. The molecule has 0 amide bonds. The summed E-state index contributed by atoms with van der Waals surface area (Å²) in [5.41, 5.74) is 7.48. The monoisotopic (exact) mass is 308 g/mol. The first-order valence-corrected chi connectivity index (χ1v) is 7.56. The van der Waals surface area contributed by atoms with Crippen LogP contribution in [0.2, 0.25) is 0 Å². The summed E-state index contributed by atoms with van der Waals surface area (Å²) in [7, 11) is -1.06. The Kier molecular flexibility index (Phi) is 4.06. The quantitative estimate of drug-likeness (QED) is 0.835. The van der Waals surface area contributed by atoms with E-state index in [0.29, 0.717) is 22.6 Å². The molecule has 0 aliphatic rings. The molecule has 2 rings (SSSR count). The number of nitrogens with two attached hydrogens (primary N) is 2. The van der Waals surface area contributed by atoms with Gasteiger partial charge in [0.15, 0.2) is 0 Å². The number of rotatable bonds is 4. The van der Waals surface area contributed by atoms with Crippen LogP contribution in [0.5, 0.6) is 11.5 Å². The number of hydrogen-bond acceptors (Lipinski definition) is 5. The number of anilines is 1. The Morgan fingerprint density at radius 2 is 1.76 bits per heavy atom. The highest BCUT2D eigenvalue weighted by Gasteiger charge is 2.22. The van der Waals surface area contributed by atoms with Crippen LogP contribution in [0, 0.1) is 0 Å². The molecule has 7 heteroatoms. The van der Waals surface area contributed by atoms with Crippen LogP contribution >= 0.6 is 0 Å². The zero-order valence-corrected chi connectivity index (χ0v) is 12.5. The maximum atomic E-state index is 11.7. The molecule has 0 saturated carbocycles. The molecule has 112 valence electrons. The van der Waals surface area contributed by atoms with E-state index in [9.17, 15) is 8.42 Å². The number of ether oxygens (including phenoxy) is 2. The van der Waals surface area contributed by atoms with Gasteiger partial charge in [0, 0.05) is 5.69 Å². The summed E-state index contributed by atoms with van der Waals surface area (Å²) in [6.45, 7) is 0. The van der Waals surface area contributed by atoms with Crippen molar-refractivity contribution in [1.82, 2.24) is 0 Å². The summed E-state index contributed by atoms with van der Waals surface area (Å²) in [4.78, 5) is -0.108. The average Bonchev–Trinajstić information content (AvgIpc) is 2.44. The zero-order chi connectivity index (χ0) is 15.6. The van der Waals surface area contributed by atoms with Crippen LogP contribution in [0.15, 0.2) is 41.3 Å². The van der Waals surface area contributed by atoms with E-state index in [1.54, 1.807) is 24.3 Å². The fraction of sp³-hybridized carbons (Fsp3) is 0.143. The molecule has 2 aromatic carbocycles. The molecule has 0 unspecified atom stereocenters. The Morgan fingerprint density at radius 3 is 2.29 bits per heavy atom. The van der Waals surface area contributed by atoms with Gasteiger partial charge in [-0.05, 0) is 29.8 Å². The van der Waals surface area contributed by atoms with Gasteiger partial charge in [-0.2, -0.15) is 0 Å². The number of nitrogen functional groups attached to an aromatic ring is 1. The molecule has 2 aromatic rings. The number of benzene rings is 2. The van der Waals surface area contributed by atoms with Crippen LogP contribution in [0.1, 0.15) is 0 Å². The Hall–Kier alpha value is -2.25. The minimum absolute atomic E-state index is 0.108. The normalized spacial score (nSPS) is 11.2. The summed E-state index contributed by atoms with van der Waals surface area (Å²) in [6, 6.07) is 9.85. The van der Waals surface area contributed by atoms with Crippen molar-refractivity contribution in [3.8, 4) is 22.6 Å². The average molecular weight is 308 g/mol. The van der Waals surface area contributed by atoms with E-state index in [2.05, 4.69) is 0 Å². The summed E-state index contributed by atoms with van der Waals surface area (Å²) in [6.07, 6.45) is 0. The van der Waals surface area contributed by atoms with Gasteiger partial charge < -0.3 is 15.2 Å². The standard InChI is InChI=1S/C14H16N2O4S/c1-19-11-6-7-12(21(16,17)18)14(20-2)13(11)9-4-3-5-10(15)8-9/h3-8H,15H2,1-2H3,(H2,16,17,18). The van der Waals surface area contributed by atoms with Gasteiger partial charge in [-0.15, -0.1) is 0 Å². The van der Waals surface area contributed by atoms with E-state index in [-0.39, 0.29) is 10.6 Å². The first kappa shape index (κ1) is 15.1. The van der Waals surface area contributed by atoms with Crippen LogP contribution in [-0.4, -0.2) is 22.6 Å². The molecule has 6 nitrogen and oxygen atoms in total. The third kappa shape index (κ3) is 2.93. The number of primary sulfonamides is 1. The lowest BCUT2D eigenvalue weighted by atomic mass is 10.0. The van der Waals surface area contributed by atoms with Crippen molar-refractivity contribution in [2.75, 3.05) is 20.0 Å². The molecular weight excluding hydrogens is 292 g/mol. The van der Waals surface area contributed by atoms with Crippen molar-refractivity contribution < 1.29 is 17.9 Å². The third-order valence-electron chi connectivity index (χ3n) is 2.99. The maximum Gasteiger partial charge on any atom is 0.241 e. The molecular formula is C14H16N2O4S. The largest absolute Gasteiger partial charge is 0.496 e. The van der Waals surface area contributed by atoms with Crippen LogP contribution in [0.3, 0.4) is 0 Å². The molecule has 0 aliphatic heterocycles. The molecule has 0 fully saturated rings. The lowest BCUT2D eigenvalue weighted by molar-refractivity contribution is 0.389. The zero-order valence-electron chi connectivity index (χ0n) is 11.7. The van der Waals surface area contributed by atoms with E-state index < -0.39 is 10.0 Å².